The van der Waals surface area contributed by atoms with E-state index >= 15 is 0 Å². The van der Waals surface area contributed by atoms with Gasteiger partial charge in [-0.15, -0.1) is 0 Å². The van der Waals surface area contributed by atoms with Crippen LogP contribution in [0, 0.1) is 42.7 Å². The van der Waals surface area contributed by atoms with Gasteiger partial charge in [-0.25, -0.2) is 24.4 Å². The molecule has 9 nitrogen and oxygen atoms in total. The van der Waals surface area contributed by atoms with Crippen LogP contribution in [0.25, 0.3) is 21.1 Å². The number of aryl methyl sites for hydroxylation is 1. The summed E-state index contributed by atoms with van der Waals surface area (Å²) in [7, 11) is -4.62. The summed E-state index contributed by atoms with van der Waals surface area (Å²) in [6.45, 7) is 14.8. The molecular formula is C15H10N4O5S. The number of ether oxygens (including phenoxy) is 1. The highest BCUT2D eigenvalue weighted by Gasteiger charge is 2.09. The molecule has 25 heavy (non-hydrogen) atoms. The standard InChI is InChI=1S/C15H10N4O5S/c1-10-6-12(14(9-17)19-3)15(7-11(10)13(8-16)18-2)23-4-5-24-25(20,21)22/h6-7H,4-5H2,1H3,(H,20,21,22). The van der Waals surface area contributed by atoms with Gasteiger partial charge in [-0.05, 0) is 18.2 Å². The topological polar surface area (TPSA) is 129 Å². The lowest BCUT2D eigenvalue weighted by Gasteiger charge is -2.09. The molecule has 1 N–H and O–H groups in total. The van der Waals surface area contributed by atoms with Crippen molar-refractivity contribution in [3.05, 3.63) is 51.0 Å². The van der Waals surface area contributed by atoms with Crippen molar-refractivity contribution in [2.45, 2.75) is 6.92 Å². The molecule has 0 bridgehead atoms. The van der Waals surface area contributed by atoms with Crippen LogP contribution in [-0.4, -0.2) is 26.2 Å². The maximum Gasteiger partial charge on any atom is 0.397 e. The van der Waals surface area contributed by atoms with Crippen molar-refractivity contribution in [1.82, 2.24) is 0 Å². The fraction of sp³-hybridized carbons (Fsp3) is 0.200. The summed E-state index contributed by atoms with van der Waals surface area (Å²) >= 11 is 0. The average Bonchev–Trinajstić information content (AvgIpc) is 2.55. The SMILES string of the molecule is [C-]#[N+]C(C#N)=c1cc(OCCOS(=O)(=O)O)c(=C(C#N)[N+]#[C-])cc1C. The van der Waals surface area contributed by atoms with Crippen molar-refractivity contribution in [2.75, 3.05) is 13.2 Å². The van der Waals surface area contributed by atoms with E-state index in [9.17, 15) is 8.42 Å². The van der Waals surface area contributed by atoms with Gasteiger partial charge >= 0.3 is 10.4 Å². The highest BCUT2D eigenvalue weighted by Crippen LogP contribution is 2.07. The molecule has 0 aliphatic rings. The fourth-order valence-electron chi connectivity index (χ4n) is 1.83. The van der Waals surface area contributed by atoms with Crippen molar-refractivity contribution < 1.29 is 21.9 Å². The van der Waals surface area contributed by atoms with Crippen LogP contribution in [0.2, 0.25) is 0 Å². The lowest BCUT2D eigenvalue weighted by Crippen LogP contribution is -2.21. The maximum atomic E-state index is 10.5. The van der Waals surface area contributed by atoms with Crippen LogP contribution in [-0.2, 0) is 14.6 Å². The number of hydrogen-bond donors (Lipinski definition) is 1. The van der Waals surface area contributed by atoms with Gasteiger partial charge in [-0.3, -0.25) is 4.55 Å². The zero-order valence-electron chi connectivity index (χ0n) is 12.8. The van der Waals surface area contributed by atoms with Crippen LogP contribution in [0.1, 0.15) is 5.56 Å². The quantitative estimate of drug-likeness (QED) is 0.455. The van der Waals surface area contributed by atoms with Gasteiger partial charge in [0.2, 0.25) is 0 Å². The zero-order chi connectivity index (χ0) is 19.0. The van der Waals surface area contributed by atoms with Crippen LogP contribution in [0.15, 0.2) is 12.1 Å². The largest absolute Gasteiger partial charge is 0.492 e. The highest BCUT2D eigenvalue weighted by molar-refractivity contribution is 7.80. The van der Waals surface area contributed by atoms with Gasteiger partial charge in [-0.2, -0.15) is 8.42 Å². The van der Waals surface area contributed by atoms with Gasteiger partial charge in [0, 0.05) is 5.22 Å². The van der Waals surface area contributed by atoms with Crippen molar-refractivity contribution >= 4 is 21.8 Å². The van der Waals surface area contributed by atoms with E-state index in [1.165, 1.54) is 12.1 Å². The lowest BCUT2D eigenvalue weighted by molar-refractivity contribution is 0.201. The minimum absolute atomic E-state index is 0.00323. The maximum absolute atomic E-state index is 10.5. The second-order valence-corrected chi connectivity index (χ2v) is 5.50. The van der Waals surface area contributed by atoms with E-state index in [-0.39, 0.29) is 34.2 Å². The number of nitrogens with zero attached hydrogens (tertiary/aromatic N) is 4. The van der Waals surface area contributed by atoms with E-state index < -0.39 is 17.0 Å². The van der Waals surface area contributed by atoms with Crippen molar-refractivity contribution in [3.63, 3.8) is 0 Å². The molecule has 0 radical (unpaired) electrons. The zero-order valence-corrected chi connectivity index (χ0v) is 13.7. The molecule has 1 rings (SSSR count). The van der Waals surface area contributed by atoms with E-state index in [0.717, 1.165) is 0 Å². The minimum Gasteiger partial charge on any atom is -0.492 e. The molecule has 0 heterocycles. The first kappa shape index (κ1) is 19.6. The lowest BCUT2D eigenvalue weighted by atomic mass is 10.1. The van der Waals surface area contributed by atoms with Crippen LogP contribution in [0.5, 0.6) is 5.75 Å². The average molecular weight is 358 g/mol. The van der Waals surface area contributed by atoms with E-state index in [1.807, 2.05) is 0 Å². The van der Waals surface area contributed by atoms with Crippen molar-refractivity contribution in [3.8, 4) is 17.9 Å². The Morgan fingerprint density at radius 3 is 2.20 bits per heavy atom. The summed E-state index contributed by atoms with van der Waals surface area (Å²) in [4.78, 5) is 6.19. The number of hydrogen-bond acceptors (Lipinski definition) is 6. The minimum atomic E-state index is -4.62. The molecule has 0 unspecified atom stereocenters. The van der Waals surface area contributed by atoms with E-state index in [0.29, 0.717) is 5.56 Å². The molecule has 0 fully saturated rings. The molecular weight excluding hydrogens is 348 g/mol. The van der Waals surface area contributed by atoms with Gasteiger partial charge < -0.3 is 4.74 Å². The highest BCUT2D eigenvalue weighted by atomic mass is 32.3. The Hall–Kier alpha value is -3.41. The van der Waals surface area contributed by atoms with Gasteiger partial charge in [0.05, 0.1) is 25.3 Å². The molecule has 1 aromatic carbocycles. The molecule has 0 saturated heterocycles. The van der Waals surface area contributed by atoms with E-state index in [2.05, 4.69) is 13.9 Å². The monoisotopic (exact) mass is 358 g/mol. The predicted octanol–water partition coefficient (Wildman–Crippen LogP) is 0.295. The first-order valence-electron chi connectivity index (χ1n) is 6.46. The fourth-order valence-corrected chi connectivity index (χ4v) is 2.11. The second-order valence-electron chi connectivity index (χ2n) is 4.41. The first-order chi connectivity index (χ1) is 11.8. The predicted molar refractivity (Wildman–Crippen MR) is 84.7 cm³/mol. The number of benzene rings is 1. The van der Waals surface area contributed by atoms with Gasteiger partial charge in [0.15, 0.2) is 0 Å². The molecule has 0 spiro atoms. The van der Waals surface area contributed by atoms with Crippen LogP contribution < -0.4 is 15.2 Å². The summed E-state index contributed by atoms with van der Waals surface area (Å²) in [6.07, 6.45) is 0. The van der Waals surface area contributed by atoms with E-state index in [1.54, 1.807) is 19.1 Å². The molecule has 10 heteroatoms. The Morgan fingerprint density at radius 1 is 1.16 bits per heavy atom. The van der Waals surface area contributed by atoms with Crippen LogP contribution in [0.3, 0.4) is 0 Å². The summed E-state index contributed by atoms with van der Waals surface area (Å²) < 4.78 is 38.9. The first-order valence-corrected chi connectivity index (χ1v) is 7.83. The summed E-state index contributed by atoms with van der Waals surface area (Å²) in [6, 6.07) is 6.19. The van der Waals surface area contributed by atoms with Crippen LogP contribution in [0.4, 0.5) is 0 Å². The Bertz CT molecular complexity index is 1050. The smallest absolute Gasteiger partial charge is 0.397 e. The number of nitriles is 2. The van der Waals surface area contributed by atoms with E-state index in [4.69, 9.17) is 33.0 Å². The van der Waals surface area contributed by atoms with Gasteiger partial charge in [0.25, 0.3) is 11.4 Å². The number of rotatable bonds is 5. The Balaban J connectivity index is 3.51. The van der Waals surface area contributed by atoms with Crippen LogP contribution >= 0.6 is 0 Å². The molecule has 0 atom stereocenters. The summed E-state index contributed by atoms with van der Waals surface area (Å²) in [5.74, 6) is 0.00323. The normalized spacial score (nSPS) is 12.7. The Kier molecular flexibility index (Phi) is 6.63. The molecule has 0 saturated carbocycles. The Morgan fingerprint density at radius 2 is 1.72 bits per heavy atom. The summed E-state index contributed by atoms with van der Waals surface area (Å²) in [5.41, 5.74) is 0.00607. The third-order valence-electron chi connectivity index (χ3n) is 2.85. The van der Waals surface area contributed by atoms with Gasteiger partial charge in [-0.1, -0.05) is 11.6 Å². The third-order valence-corrected chi connectivity index (χ3v) is 3.31. The van der Waals surface area contributed by atoms with Gasteiger partial charge in [0.1, 0.15) is 19.0 Å². The third kappa shape index (κ3) is 5.31. The molecule has 0 amide bonds. The molecule has 0 aliphatic carbocycles. The molecule has 0 aliphatic heterocycles. The molecule has 0 aromatic heterocycles. The summed E-state index contributed by atoms with van der Waals surface area (Å²) in [5, 5.41) is 18.4. The Labute approximate surface area is 143 Å². The second kappa shape index (κ2) is 8.44. The van der Waals surface area contributed by atoms with Crippen molar-refractivity contribution in [2.24, 2.45) is 0 Å². The molecule has 1 aromatic rings. The van der Waals surface area contributed by atoms with Crippen molar-refractivity contribution in [1.29, 1.82) is 10.5 Å². The molecule has 126 valence electrons.